The number of hydrogen-bond acceptors (Lipinski definition) is 7. The van der Waals surface area contributed by atoms with E-state index in [0.29, 0.717) is 30.7 Å². The number of likely N-dealkylation sites (N-methyl/N-ethyl adjacent to an activating group) is 1. The van der Waals surface area contributed by atoms with Crippen LogP contribution in [0.5, 0.6) is 5.75 Å². The number of benzene rings is 2. The molecule has 1 aliphatic rings. The Hall–Kier alpha value is -4.34. The van der Waals surface area contributed by atoms with Crippen molar-refractivity contribution in [3.8, 4) is 5.75 Å². The van der Waals surface area contributed by atoms with Gasteiger partial charge in [-0.15, -0.1) is 0 Å². The first kappa shape index (κ1) is 27.2. The number of nitrogens with zero attached hydrogens (tertiary/aromatic N) is 5. The highest BCUT2D eigenvalue weighted by molar-refractivity contribution is 5.99. The van der Waals surface area contributed by atoms with E-state index in [-0.39, 0.29) is 18.2 Å². The molecular weight excluding hydrogens is 510 g/mol. The van der Waals surface area contributed by atoms with Crippen LogP contribution in [0, 0.1) is 5.92 Å². The van der Waals surface area contributed by atoms with Gasteiger partial charge in [0.15, 0.2) is 5.58 Å². The molecule has 1 saturated carbocycles. The number of carbonyl (C=O) groups excluding carboxylic acids is 1. The van der Waals surface area contributed by atoms with E-state index in [1.54, 1.807) is 24.0 Å². The average molecular weight is 546 g/mol. The number of carboxylic acids is 1. The second-order valence-electron chi connectivity index (χ2n) is 10.3. The van der Waals surface area contributed by atoms with Gasteiger partial charge in [-0.3, -0.25) is 14.4 Å². The zero-order valence-corrected chi connectivity index (χ0v) is 22.9. The van der Waals surface area contributed by atoms with Crippen molar-refractivity contribution in [3.05, 3.63) is 66.4 Å². The molecular formula is C30H35N5O5. The Balaban J connectivity index is 1.23. The number of oxazole rings is 1. The molecule has 1 unspecified atom stereocenters. The number of amides is 1. The van der Waals surface area contributed by atoms with Crippen molar-refractivity contribution in [2.75, 3.05) is 30.0 Å². The van der Waals surface area contributed by atoms with Crippen molar-refractivity contribution in [1.29, 1.82) is 0 Å². The van der Waals surface area contributed by atoms with Gasteiger partial charge in [-0.1, -0.05) is 43.5 Å². The van der Waals surface area contributed by atoms with E-state index >= 15 is 0 Å². The molecule has 0 spiro atoms. The van der Waals surface area contributed by atoms with Crippen LogP contribution in [0.15, 0.2) is 65.2 Å². The average Bonchev–Trinajstić information content (AvgIpc) is 3.60. The Morgan fingerprint density at radius 2 is 1.85 bits per heavy atom. The van der Waals surface area contributed by atoms with Gasteiger partial charge in [0.1, 0.15) is 29.7 Å². The highest BCUT2D eigenvalue weighted by Crippen LogP contribution is 2.30. The van der Waals surface area contributed by atoms with Gasteiger partial charge in [-0.05, 0) is 42.7 Å². The lowest BCUT2D eigenvalue weighted by Crippen LogP contribution is -2.50. The Morgan fingerprint density at radius 3 is 2.52 bits per heavy atom. The van der Waals surface area contributed by atoms with Crippen LogP contribution in [0.2, 0.25) is 0 Å². The smallest absolute Gasteiger partial charge is 0.327 e. The topological polar surface area (TPSA) is 114 Å². The number of aliphatic carboxylic acids is 1. The third kappa shape index (κ3) is 6.11. The molecule has 2 heterocycles. The summed E-state index contributed by atoms with van der Waals surface area (Å²) >= 11 is 0. The fourth-order valence-corrected chi connectivity index (χ4v) is 5.23. The fourth-order valence-electron chi connectivity index (χ4n) is 5.23. The Bertz CT molecular complexity index is 1410. The highest BCUT2D eigenvalue weighted by atomic mass is 16.5. The Kier molecular flexibility index (Phi) is 8.33. The molecule has 2 aromatic heterocycles. The second-order valence-corrected chi connectivity index (χ2v) is 10.3. The number of aromatic nitrogens is 3. The minimum absolute atomic E-state index is 0.140. The predicted molar refractivity (Wildman–Crippen MR) is 152 cm³/mol. The number of fused-ring (bicyclic) bond motifs is 1. The van der Waals surface area contributed by atoms with E-state index in [1.807, 2.05) is 60.5 Å². The standard InChI is InChI=1S/C30H35N5O5/c1-33(30-32-24-10-6-7-11-26(24)40-30)18-19-39-23-14-12-21(13-15-23)20-25(29(37)38)35(27-16-17-31-34(27)2)28(36)22-8-4-3-5-9-22/h6-7,10-17,22,25H,3-5,8-9,18-20H2,1-2H3,(H,37,38). The maximum absolute atomic E-state index is 13.7. The number of para-hydroxylation sites is 2. The number of rotatable bonds is 11. The zero-order valence-electron chi connectivity index (χ0n) is 22.9. The van der Waals surface area contributed by atoms with E-state index in [1.165, 1.54) is 4.90 Å². The summed E-state index contributed by atoms with van der Waals surface area (Å²) in [7, 11) is 3.62. The van der Waals surface area contributed by atoms with Crippen LogP contribution in [0.25, 0.3) is 11.1 Å². The van der Waals surface area contributed by atoms with Crippen LogP contribution < -0.4 is 14.5 Å². The molecule has 5 rings (SSSR count). The summed E-state index contributed by atoms with van der Waals surface area (Å²) in [6, 6.07) is 16.1. The Labute approximate surface area is 233 Å². The number of carbonyl (C=O) groups is 2. The van der Waals surface area contributed by atoms with Gasteiger partial charge >= 0.3 is 5.97 Å². The third-order valence-electron chi connectivity index (χ3n) is 7.49. The normalized spacial score (nSPS) is 14.7. The molecule has 40 heavy (non-hydrogen) atoms. The maximum atomic E-state index is 13.7. The lowest BCUT2D eigenvalue weighted by Gasteiger charge is -2.33. The molecule has 1 fully saturated rings. The monoisotopic (exact) mass is 545 g/mol. The van der Waals surface area contributed by atoms with Crippen LogP contribution in [0.3, 0.4) is 0 Å². The quantitative estimate of drug-likeness (QED) is 0.289. The lowest BCUT2D eigenvalue weighted by atomic mass is 9.87. The van der Waals surface area contributed by atoms with Gasteiger partial charge < -0.3 is 19.2 Å². The highest BCUT2D eigenvalue weighted by Gasteiger charge is 2.36. The van der Waals surface area contributed by atoms with E-state index in [0.717, 1.165) is 48.8 Å². The van der Waals surface area contributed by atoms with E-state index in [4.69, 9.17) is 9.15 Å². The molecule has 1 aliphatic carbocycles. The predicted octanol–water partition coefficient (Wildman–Crippen LogP) is 4.69. The van der Waals surface area contributed by atoms with Crippen molar-refractivity contribution in [2.24, 2.45) is 13.0 Å². The number of anilines is 2. The van der Waals surface area contributed by atoms with Gasteiger partial charge in [0, 0.05) is 32.5 Å². The van der Waals surface area contributed by atoms with Crippen LogP contribution in [-0.2, 0) is 23.1 Å². The first-order valence-electron chi connectivity index (χ1n) is 13.7. The van der Waals surface area contributed by atoms with Gasteiger partial charge in [-0.2, -0.15) is 10.1 Å². The van der Waals surface area contributed by atoms with Gasteiger partial charge in [-0.25, -0.2) is 4.79 Å². The SMILES string of the molecule is CN(CCOc1ccc(CC(C(=O)O)N(C(=O)C2CCCCC2)c2ccnn2C)cc1)c1nc2ccccc2o1. The summed E-state index contributed by atoms with van der Waals surface area (Å²) < 4.78 is 13.3. The molecule has 0 radical (unpaired) electrons. The molecule has 4 aromatic rings. The summed E-state index contributed by atoms with van der Waals surface area (Å²) in [5.41, 5.74) is 2.35. The van der Waals surface area contributed by atoms with E-state index < -0.39 is 12.0 Å². The largest absolute Gasteiger partial charge is 0.492 e. The first-order chi connectivity index (χ1) is 19.4. The van der Waals surface area contributed by atoms with Crippen molar-refractivity contribution < 1.29 is 23.8 Å². The van der Waals surface area contributed by atoms with Gasteiger partial charge in [0.25, 0.3) is 6.01 Å². The molecule has 0 bridgehead atoms. The molecule has 2 aromatic carbocycles. The Morgan fingerprint density at radius 1 is 1.10 bits per heavy atom. The van der Waals surface area contributed by atoms with Crippen molar-refractivity contribution >= 4 is 34.8 Å². The molecule has 1 atom stereocenters. The van der Waals surface area contributed by atoms with Gasteiger partial charge in [0.05, 0.1) is 12.7 Å². The minimum Gasteiger partial charge on any atom is -0.492 e. The molecule has 0 saturated heterocycles. The van der Waals surface area contributed by atoms with Crippen LogP contribution in [-0.4, -0.2) is 58.0 Å². The van der Waals surface area contributed by atoms with E-state index in [9.17, 15) is 14.7 Å². The summed E-state index contributed by atoms with van der Waals surface area (Å²) in [5.74, 6) is -0.199. The molecule has 10 nitrogen and oxygen atoms in total. The number of ether oxygens (including phenoxy) is 1. The zero-order chi connectivity index (χ0) is 28.1. The van der Waals surface area contributed by atoms with Crippen LogP contribution >= 0.6 is 0 Å². The van der Waals surface area contributed by atoms with Crippen LogP contribution in [0.4, 0.5) is 11.8 Å². The third-order valence-corrected chi connectivity index (χ3v) is 7.49. The van der Waals surface area contributed by atoms with Crippen LogP contribution in [0.1, 0.15) is 37.7 Å². The summed E-state index contributed by atoms with van der Waals surface area (Å²) in [6.45, 7) is 0.981. The molecule has 1 N–H and O–H groups in total. The maximum Gasteiger partial charge on any atom is 0.327 e. The minimum atomic E-state index is -1.05. The molecule has 1 amide bonds. The van der Waals surface area contributed by atoms with Gasteiger partial charge in [0.2, 0.25) is 5.91 Å². The fraction of sp³-hybridized carbons (Fsp3) is 0.400. The van der Waals surface area contributed by atoms with Crippen molar-refractivity contribution in [2.45, 2.75) is 44.6 Å². The summed E-state index contributed by atoms with van der Waals surface area (Å²) in [5, 5.41) is 14.4. The lowest BCUT2D eigenvalue weighted by molar-refractivity contribution is -0.140. The number of hydrogen-bond donors (Lipinski definition) is 1. The van der Waals surface area contributed by atoms with E-state index in [2.05, 4.69) is 10.1 Å². The second kappa shape index (κ2) is 12.2. The molecule has 10 heteroatoms. The summed E-state index contributed by atoms with van der Waals surface area (Å²) in [6.07, 6.45) is 6.40. The summed E-state index contributed by atoms with van der Waals surface area (Å²) in [4.78, 5) is 34.0. The molecule has 0 aliphatic heterocycles. The first-order valence-corrected chi connectivity index (χ1v) is 13.7. The number of carboxylic acid groups (broad SMARTS) is 1. The molecule has 210 valence electrons. The van der Waals surface area contributed by atoms with Crippen molar-refractivity contribution in [1.82, 2.24) is 14.8 Å². The van der Waals surface area contributed by atoms with Crippen molar-refractivity contribution in [3.63, 3.8) is 0 Å². The number of aryl methyl sites for hydroxylation is 1.